The standard InChI is InChI=1S/C20H21N5O2S4/c1-2-28-20-24-23-18(31-20)22-15(26)12-30-19-21-14-9-11-29-16(14)17(27)25(19)10-8-13-6-4-3-5-7-13/h3-7H,2,8-12H2,1H3,(H,22,23,26). The van der Waals surface area contributed by atoms with Crippen LogP contribution in [0.1, 0.15) is 18.2 Å². The van der Waals surface area contributed by atoms with E-state index in [1.165, 1.54) is 23.1 Å². The molecule has 1 aromatic carbocycles. The third-order valence-electron chi connectivity index (χ3n) is 4.47. The second-order valence-electron chi connectivity index (χ2n) is 6.60. The van der Waals surface area contributed by atoms with Gasteiger partial charge in [0.25, 0.3) is 5.56 Å². The Kier molecular flexibility index (Phi) is 7.70. The highest BCUT2D eigenvalue weighted by molar-refractivity contribution is 8.01. The number of anilines is 1. The third kappa shape index (κ3) is 5.71. The summed E-state index contributed by atoms with van der Waals surface area (Å²) < 4.78 is 2.54. The maximum Gasteiger partial charge on any atom is 0.268 e. The van der Waals surface area contributed by atoms with Gasteiger partial charge in [0, 0.05) is 18.7 Å². The Labute approximate surface area is 196 Å². The lowest BCUT2D eigenvalue weighted by atomic mass is 10.1. The van der Waals surface area contributed by atoms with Crippen molar-refractivity contribution in [3.8, 4) is 0 Å². The van der Waals surface area contributed by atoms with E-state index < -0.39 is 0 Å². The van der Waals surface area contributed by atoms with Crippen LogP contribution in [0.4, 0.5) is 5.13 Å². The van der Waals surface area contributed by atoms with Gasteiger partial charge in [0.05, 0.1) is 16.3 Å². The van der Waals surface area contributed by atoms with Gasteiger partial charge in [-0.15, -0.1) is 22.0 Å². The fourth-order valence-electron chi connectivity index (χ4n) is 3.04. The summed E-state index contributed by atoms with van der Waals surface area (Å²) in [7, 11) is 0. The van der Waals surface area contributed by atoms with Crippen molar-refractivity contribution in [2.24, 2.45) is 0 Å². The quantitative estimate of drug-likeness (QED) is 0.274. The van der Waals surface area contributed by atoms with Crippen LogP contribution in [-0.4, -0.2) is 42.9 Å². The lowest BCUT2D eigenvalue weighted by molar-refractivity contribution is -0.113. The zero-order chi connectivity index (χ0) is 21.6. The first-order valence-electron chi connectivity index (χ1n) is 9.83. The van der Waals surface area contributed by atoms with E-state index in [9.17, 15) is 9.59 Å². The smallest absolute Gasteiger partial charge is 0.268 e. The maximum atomic E-state index is 13.1. The highest BCUT2D eigenvalue weighted by Crippen LogP contribution is 2.29. The van der Waals surface area contributed by atoms with E-state index in [0.717, 1.165) is 44.8 Å². The van der Waals surface area contributed by atoms with Crippen molar-refractivity contribution >= 4 is 57.7 Å². The van der Waals surface area contributed by atoms with Crippen LogP contribution in [0.3, 0.4) is 0 Å². The van der Waals surface area contributed by atoms with Crippen LogP contribution < -0.4 is 10.9 Å². The van der Waals surface area contributed by atoms with Crippen molar-refractivity contribution in [3.05, 3.63) is 51.9 Å². The van der Waals surface area contributed by atoms with E-state index in [2.05, 4.69) is 15.5 Å². The van der Waals surface area contributed by atoms with Gasteiger partial charge in [-0.3, -0.25) is 19.5 Å². The van der Waals surface area contributed by atoms with Gasteiger partial charge < -0.3 is 0 Å². The lowest BCUT2D eigenvalue weighted by Crippen LogP contribution is -2.27. The number of benzene rings is 1. The summed E-state index contributed by atoms with van der Waals surface area (Å²) in [6.45, 7) is 2.57. The molecule has 3 heterocycles. The minimum absolute atomic E-state index is 0.00306. The van der Waals surface area contributed by atoms with E-state index >= 15 is 0 Å². The molecule has 0 spiro atoms. The van der Waals surface area contributed by atoms with Crippen LogP contribution in [0.2, 0.25) is 0 Å². The van der Waals surface area contributed by atoms with Gasteiger partial charge in [0.15, 0.2) is 9.50 Å². The van der Waals surface area contributed by atoms with Crippen LogP contribution >= 0.6 is 46.6 Å². The number of hydrogen-bond donors (Lipinski definition) is 1. The molecule has 0 bridgehead atoms. The highest BCUT2D eigenvalue weighted by atomic mass is 32.2. The molecule has 0 radical (unpaired) electrons. The number of nitrogens with one attached hydrogen (secondary N) is 1. The third-order valence-corrected chi connectivity index (χ3v) is 8.41. The number of hydrogen-bond acceptors (Lipinski definition) is 9. The SMILES string of the molecule is CCSc1nnc(NC(=O)CSc2nc3c(c(=O)n2CCc2ccccc2)SCC3)s1. The maximum absolute atomic E-state index is 13.1. The second kappa shape index (κ2) is 10.7. The molecule has 1 amide bonds. The molecule has 1 N–H and O–H groups in total. The molecule has 1 aliphatic heterocycles. The number of aryl methyl sites for hydroxylation is 2. The number of carbonyl (C=O) groups excluding carboxylic acids is 1. The number of aromatic nitrogens is 4. The van der Waals surface area contributed by atoms with Crippen LogP contribution in [-0.2, 0) is 24.2 Å². The van der Waals surface area contributed by atoms with E-state index in [-0.39, 0.29) is 17.2 Å². The van der Waals surface area contributed by atoms with E-state index in [4.69, 9.17) is 4.98 Å². The highest BCUT2D eigenvalue weighted by Gasteiger charge is 2.22. The molecule has 162 valence electrons. The summed E-state index contributed by atoms with van der Waals surface area (Å²) in [6.07, 6.45) is 1.52. The number of rotatable bonds is 9. The monoisotopic (exact) mass is 491 g/mol. The molecule has 1 aliphatic rings. The summed E-state index contributed by atoms with van der Waals surface area (Å²) >= 11 is 5.81. The molecule has 0 fully saturated rings. The molecular weight excluding hydrogens is 471 g/mol. The van der Waals surface area contributed by atoms with Crippen molar-refractivity contribution in [1.29, 1.82) is 0 Å². The van der Waals surface area contributed by atoms with Crippen molar-refractivity contribution in [2.75, 3.05) is 22.6 Å². The summed E-state index contributed by atoms with van der Waals surface area (Å²) in [4.78, 5) is 31.0. The Morgan fingerprint density at radius 3 is 2.87 bits per heavy atom. The predicted molar refractivity (Wildman–Crippen MR) is 129 cm³/mol. The molecule has 31 heavy (non-hydrogen) atoms. The van der Waals surface area contributed by atoms with Crippen LogP contribution in [0.15, 0.2) is 49.5 Å². The first-order valence-corrected chi connectivity index (χ1v) is 13.6. The minimum atomic E-state index is -0.187. The van der Waals surface area contributed by atoms with Gasteiger partial charge in [0.2, 0.25) is 11.0 Å². The fraction of sp³-hybridized carbons (Fsp3) is 0.350. The fourth-order valence-corrected chi connectivity index (χ4v) is 6.59. The Balaban J connectivity index is 1.46. The van der Waals surface area contributed by atoms with Crippen molar-refractivity contribution in [2.45, 2.75) is 40.7 Å². The molecule has 7 nitrogen and oxygen atoms in total. The van der Waals surface area contributed by atoms with Crippen LogP contribution in [0, 0.1) is 0 Å². The number of amides is 1. The first-order chi connectivity index (χ1) is 15.1. The van der Waals surface area contributed by atoms with Crippen molar-refractivity contribution < 1.29 is 4.79 Å². The summed E-state index contributed by atoms with van der Waals surface area (Å²) in [6, 6.07) is 10.1. The topological polar surface area (TPSA) is 89.8 Å². The van der Waals surface area contributed by atoms with Crippen LogP contribution in [0.5, 0.6) is 0 Å². The first kappa shape index (κ1) is 22.4. The summed E-state index contributed by atoms with van der Waals surface area (Å²) in [5.74, 6) is 1.74. The normalized spacial score (nSPS) is 12.7. The molecule has 4 rings (SSSR count). The molecule has 0 aliphatic carbocycles. The average molecular weight is 492 g/mol. The molecular formula is C20H21N5O2S4. The average Bonchev–Trinajstić information content (AvgIpc) is 3.42. The molecule has 11 heteroatoms. The van der Waals surface area contributed by atoms with Crippen molar-refractivity contribution in [1.82, 2.24) is 19.7 Å². The van der Waals surface area contributed by atoms with Gasteiger partial charge in [-0.2, -0.15) is 0 Å². The number of fused-ring (bicyclic) bond motifs is 1. The van der Waals surface area contributed by atoms with E-state index in [1.54, 1.807) is 28.1 Å². The Morgan fingerprint density at radius 2 is 2.06 bits per heavy atom. The van der Waals surface area contributed by atoms with E-state index in [0.29, 0.717) is 16.8 Å². The van der Waals surface area contributed by atoms with Gasteiger partial charge >= 0.3 is 0 Å². The molecule has 0 saturated carbocycles. The Morgan fingerprint density at radius 1 is 1.23 bits per heavy atom. The van der Waals surface area contributed by atoms with Gasteiger partial charge in [-0.25, -0.2) is 4.98 Å². The summed E-state index contributed by atoms with van der Waals surface area (Å²) in [5.41, 5.74) is 2.00. The zero-order valence-electron chi connectivity index (χ0n) is 16.9. The molecule has 0 unspecified atom stereocenters. The Bertz CT molecular complexity index is 1120. The number of carbonyl (C=O) groups is 1. The van der Waals surface area contributed by atoms with E-state index in [1.807, 2.05) is 37.3 Å². The lowest BCUT2D eigenvalue weighted by Gasteiger charge is -2.13. The van der Waals surface area contributed by atoms with Crippen LogP contribution in [0.25, 0.3) is 0 Å². The molecule has 3 aromatic rings. The Hall–Kier alpha value is -1.82. The molecule has 0 saturated heterocycles. The number of thioether (sulfide) groups is 3. The largest absolute Gasteiger partial charge is 0.300 e. The van der Waals surface area contributed by atoms with Gasteiger partial charge in [-0.05, 0) is 17.7 Å². The summed E-state index contributed by atoms with van der Waals surface area (Å²) in [5, 5.41) is 11.9. The van der Waals surface area contributed by atoms with Gasteiger partial charge in [-0.1, -0.05) is 72.1 Å². The second-order valence-corrected chi connectivity index (χ2v) is 11.1. The number of nitrogens with zero attached hydrogens (tertiary/aromatic N) is 4. The molecule has 2 aromatic heterocycles. The van der Waals surface area contributed by atoms with Gasteiger partial charge in [0.1, 0.15) is 0 Å². The zero-order valence-corrected chi connectivity index (χ0v) is 20.1. The predicted octanol–water partition coefficient (Wildman–Crippen LogP) is 3.83. The minimum Gasteiger partial charge on any atom is -0.300 e. The van der Waals surface area contributed by atoms with Crippen molar-refractivity contribution in [3.63, 3.8) is 0 Å². The molecule has 0 atom stereocenters.